The third-order valence-corrected chi connectivity index (χ3v) is 5.30. The Hall–Kier alpha value is -1.57. The Labute approximate surface area is 161 Å². The summed E-state index contributed by atoms with van der Waals surface area (Å²) < 4.78 is 4.87. The van der Waals surface area contributed by atoms with E-state index in [9.17, 15) is 9.59 Å². The smallest absolute Gasteiger partial charge is 0.313 e. The summed E-state index contributed by atoms with van der Waals surface area (Å²) in [5.41, 5.74) is 0.665. The molecule has 1 aromatic carbocycles. The number of hydrogen-bond acceptors (Lipinski definition) is 3. The van der Waals surface area contributed by atoms with Gasteiger partial charge in [0.05, 0.1) is 16.6 Å². The molecule has 0 fully saturated rings. The van der Waals surface area contributed by atoms with Crippen molar-refractivity contribution >= 4 is 50.3 Å². The van der Waals surface area contributed by atoms with Crippen molar-refractivity contribution in [1.82, 2.24) is 18.7 Å². The first-order valence-electron chi connectivity index (χ1n) is 7.64. The van der Waals surface area contributed by atoms with Gasteiger partial charge in [0.15, 0.2) is 15.9 Å². The van der Waals surface area contributed by atoms with Crippen LogP contribution < -0.4 is 11.2 Å². The van der Waals surface area contributed by atoms with E-state index in [1.54, 1.807) is 29.8 Å². The Morgan fingerprint density at radius 1 is 1.16 bits per heavy atom. The highest BCUT2D eigenvalue weighted by Crippen LogP contribution is 2.23. The minimum atomic E-state index is -0.433. The van der Waals surface area contributed by atoms with E-state index in [0.717, 1.165) is 6.42 Å². The fourth-order valence-electron chi connectivity index (χ4n) is 2.73. The zero-order valence-electron chi connectivity index (χ0n) is 13.6. The number of halogens is 3. The van der Waals surface area contributed by atoms with Crippen molar-refractivity contribution in [2.75, 3.05) is 0 Å². The first-order valence-corrected chi connectivity index (χ1v) is 9.19. The van der Waals surface area contributed by atoms with E-state index in [4.69, 9.17) is 23.2 Å². The van der Waals surface area contributed by atoms with Gasteiger partial charge in [-0.15, -0.1) is 0 Å². The molecule has 0 amide bonds. The van der Waals surface area contributed by atoms with Gasteiger partial charge in [-0.1, -0.05) is 36.2 Å². The van der Waals surface area contributed by atoms with E-state index in [-0.39, 0.29) is 12.1 Å². The molecule has 0 aliphatic heterocycles. The van der Waals surface area contributed by atoms with Crippen LogP contribution in [0.4, 0.5) is 0 Å². The van der Waals surface area contributed by atoms with E-state index in [1.165, 1.54) is 9.13 Å². The SMILES string of the molecule is CCCn1c(Br)nc2c1c(=O)n(Cc1ccc(Cl)c(Cl)c1)c(=O)n2C. The third-order valence-electron chi connectivity index (χ3n) is 3.96. The maximum atomic E-state index is 13.0. The van der Waals surface area contributed by atoms with Crippen molar-refractivity contribution in [3.63, 3.8) is 0 Å². The van der Waals surface area contributed by atoms with E-state index >= 15 is 0 Å². The van der Waals surface area contributed by atoms with E-state index in [0.29, 0.717) is 38.1 Å². The number of benzene rings is 1. The summed E-state index contributed by atoms with van der Waals surface area (Å²) in [6.07, 6.45) is 0.832. The average Bonchev–Trinajstić information content (AvgIpc) is 2.90. The van der Waals surface area contributed by atoms with E-state index in [1.807, 2.05) is 6.92 Å². The molecule has 0 saturated heterocycles. The van der Waals surface area contributed by atoms with Crippen LogP contribution >= 0.6 is 39.1 Å². The largest absolute Gasteiger partial charge is 0.332 e. The van der Waals surface area contributed by atoms with Crippen molar-refractivity contribution < 1.29 is 0 Å². The van der Waals surface area contributed by atoms with Crippen LogP contribution in [0.25, 0.3) is 11.2 Å². The molecule has 9 heteroatoms. The van der Waals surface area contributed by atoms with Crippen LogP contribution in [0.5, 0.6) is 0 Å². The van der Waals surface area contributed by atoms with E-state index < -0.39 is 5.69 Å². The lowest BCUT2D eigenvalue weighted by molar-refractivity contribution is 0.642. The van der Waals surface area contributed by atoms with Crippen molar-refractivity contribution in [2.24, 2.45) is 7.05 Å². The lowest BCUT2D eigenvalue weighted by atomic mass is 10.2. The molecule has 0 N–H and O–H groups in total. The van der Waals surface area contributed by atoms with Crippen LogP contribution in [0, 0.1) is 0 Å². The number of nitrogens with zero attached hydrogens (tertiary/aromatic N) is 4. The lowest BCUT2D eigenvalue weighted by Gasteiger charge is -2.10. The Morgan fingerprint density at radius 2 is 1.88 bits per heavy atom. The standard InChI is InChI=1S/C16H15BrCl2N4O2/c1-3-6-22-12-13(20-15(22)17)21(2)16(25)23(14(12)24)8-9-4-5-10(18)11(19)7-9/h4-5,7H,3,6,8H2,1-2H3. The number of rotatable bonds is 4. The predicted octanol–water partition coefficient (Wildman–Crippen LogP) is 3.42. The summed E-state index contributed by atoms with van der Waals surface area (Å²) in [6.45, 7) is 2.74. The number of imidazole rings is 1. The minimum Gasteiger partial charge on any atom is -0.313 e. The van der Waals surface area contributed by atoms with Crippen molar-refractivity contribution in [3.05, 3.63) is 59.4 Å². The molecule has 132 valence electrons. The maximum Gasteiger partial charge on any atom is 0.332 e. The third kappa shape index (κ3) is 3.16. The van der Waals surface area contributed by atoms with Crippen molar-refractivity contribution in [3.8, 4) is 0 Å². The monoisotopic (exact) mass is 444 g/mol. The normalized spacial score (nSPS) is 11.4. The van der Waals surface area contributed by atoms with Gasteiger partial charge in [-0.2, -0.15) is 0 Å². The summed E-state index contributed by atoms with van der Waals surface area (Å²) in [5.74, 6) is 0. The highest BCUT2D eigenvalue weighted by Gasteiger charge is 2.19. The predicted molar refractivity (Wildman–Crippen MR) is 103 cm³/mol. The number of fused-ring (bicyclic) bond motifs is 1. The van der Waals surface area contributed by atoms with Gasteiger partial charge >= 0.3 is 5.69 Å². The van der Waals surface area contributed by atoms with Crippen LogP contribution in [0.15, 0.2) is 32.5 Å². The molecule has 25 heavy (non-hydrogen) atoms. The Bertz CT molecular complexity index is 1080. The first-order chi connectivity index (χ1) is 11.8. The van der Waals surface area contributed by atoms with Crippen LogP contribution in [-0.4, -0.2) is 18.7 Å². The molecule has 0 radical (unpaired) electrons. The van der Waals surface area contributed by atoms with Crippen LogP contribution in [-0.2, 0) is 20.1 Å². The van der Waals surface area contributed by atoms with Gasteiger partial charge in [0.25, 0.3) is 5.56 Å². The van der Waals surface area contributed by atoms with Gasteiger partial charge in [0.2, 0.25) is 0 Å². The summed E-state index contributed by atoms with van der Waals surface area (Å²) in [6, 6.07) is 5.04. The number of aromatic nitrogens is 4. The molecule has 0 saturated carbocycles. The zero-order chi connectivity index (χ0) is 18.3. The van der Waals surface area contributed by atoms with Gasteiger partial charge < -0.3 is 4.57 Å². The quantitative estimate of drug-likeness (QED) is 0.578. The van der Waals surface area contributed by atoms with Crippen LogP contribution in [0.1, 0.15) is 18.9 Å². The number of aryl methyl sites for hydroxylation is 2. The fraction of sp³-hybridized carbons (Fsp3) is 0.312. The summed E-state index contributed by atoms with van der Waals surface area (Å²) >= 11 is 15.3. The number of hydrogen-bond donors (Lipinski definition) is 0. The zero-order valence-corrected chi connectivity index (χ0v) is 16.7. The molecule has 0 aliphatic carbocycles. The van der Waals surface area contributed by atoms with Crippen molar-refractivity contribution in [1.29, 1.82) is 0 Å². The molecule has 0 unspecified atom stereocenters. The summed E-state index contributed by atoms with van der Waals surface area (Å²) in [7, 11) is 1.60. The van der Waals surface area contributed by atoms with Gasteiger partial charge in [0.1, 0.15) is 0 Å². The maximum absolute atomic E-state index is 13.0. The Balaban J connectivity index is 2.24. The topological polar surface area (TPSA) is 61.8 Å². The molecule has 0 atom stereocenters. The average molecular weight is 446 g/mol. The molecule has 2 aromatic heterocycles. The highest BCUT2D eigenvalue weighted by atomic mass is 79.9. The molecular formula is C16H15BrCl2N4O2. The van der Waals surface area contributed by atoms with E-state index in [2.05, 4.69) is 20.9 Å². The molecule has 3 aromatic rings. The highest BCUT2D eigenvalue weighted by molar-refractivity contribution is 9.10. The van der Waals surface area contributed by atoms with Crippen LogP contribution in [0.2, 0.25) is 10.0 Å². The Morgan fingerprint density at radius 3 is 2.52 bits per heavy atom. The molecule has 3 rings (SSSR count). The summed E-state index contributed by atoms with van der Waals surface area (Å²) in [5, 5.41) is 0.801. The molecule has 2 heterocycles. The van der Waals surface area contributed by atoms with Gasteiger partial charge in [-0.05, 0) is 40.0 Å². The molecule has 6 nitrogen and oxygen atoms in total. The summed E-state index contributed by atoms with van der Waals surface area (Å²) in [4.78, 5) is 29.9. The van der Waals surface area contributed by atoms with Crippen LogP contribution in [0.3, 0.4) is 0 Å². The molecular weight excluding hydrogens is 431 g/mol. The molecule has 0 aliphatic rings. The second kappa shape index (κ2) is 6.97. The van der Waals surface area contributed by atoms with Gasteiger partial charge in [0, 0.05) is 13.6 Å². The molecule has 0 bridgehead atoms. The van der Waals surface area contributed by atoms with Gasteiger partial charge in [-0.3, -0.25) is 13.9 Å². The van der Waals surface area contributed by atoms with Gasteiger partial charge in [-0.25, -0.2) is 9.78 Å². The first kappa shape index (κ1) is 18.2. The Kier molecular flexibility index (Phi) is 5.09. The van der Waals surface area contributed by atoms with Crippen molar-refractivity contribution in [2.45, 2.75) is 26.4 Å². The lowest BCUT2D eigenvalue weighted by Crippen LogP contribution is -2.40. The minimum absolute atomic E-state index is 0.104. The molecule has 0 spiro atoms. The second-order valence-corrected chi connectivity index (χ2v) is 7.21. The fourth-order valence-corrected chi connectivity index (χ4v) is 3.58. The second-order valence-electron chi connectivity index (χ2n) is 5.69.